The number of carboxylic acids is 1. The fraction of sp³-hybridized carbons (Fsp3) is 0.444. The van der Waals surface area contributed by atoms with E-state index in [0.29, 0.717) is 0 Å². The minimum absolute atomic E-state index is 0.106. The first kappa shape index (κ1) is 18.5. The molecule has 12 heteroatoms. The lowest BCUT2D eigenvalue weighted by atomic mass is 10.3. The molecule has 0 bridgehead atoms. The maximum absolute atomic E-state index is 10.7. The molecule has 0 aromatic carbocycles. The third-order valence-electron chi connectivity index (χ3n) is 1.92. The Morgan fingerprint density at radius 1 is 1.43 bits per heavy atom. The number of nitrogens with two attached hydrogens (primary N) is 1. The molecule has 1 aliphatic heterocycles. The van der Waals surface area contributed by atoms with E-state index in [0.717, 1.165) is 0 Å². The third-order valence-corrected chi connectivity index (χ3v) is 2.28. The number of imide groups is 1. The number of carbonyl (C=O) groups is 5. The van der Waals surface area contributed by atoms with E-state index >= 15 is 0 Å². The lowest BCUT2D eigenvalue weighted by Crippen LogP contribution is -2.48. The van der Waals surface area contributed by atoms with E-state index in [1.165, 1.54) is 6.92 Å². The van der Waals surface area contributed by atoms with Gasteiger partial charge in [-0.3, -0.25) is 14.9 Å². The van der Waals surface area contributed by atoms with Gasteiger partial charge in [-0.2, -0.15) is 12.6 Å². The molecular formula is C9H15N5O6S. The predicted octanol–water partition coefficient (Wildman–Crippen LogP) is -2.67. The van der Waals surface area contributed by atoms with E-state index in [-0.39, 0.29) is 11.7 Å². The Morgan fingerprint density at radius 2 is 2.00 bits per heavy atom. The highest BCUT2D eigenvalue weighted by atomic mass is 32.1. The molecule has 118 valence electrons. The zero-order valence-electron chi connectivity index (χ0n) is 10.9. The molecule has 0 saturated carbocycles. The van der Waals surface area contributed by atoms with Gasteiger partial charge in [0.15, 0.2) is 6.17 Å². The Kier molecular flexibility index (Phi) is 7.60. The number of hydrogen-bond acceptors (Lipinski definition) is 6. The first-order valence-corrected chi connectivity index (χ1v) is 6.08. The van der Waals surface area contributed by atoms with Crippen LogP contribution in [0.25, 0.3) is 0 Å². The van der Waals surface area contributed by atoms with E-state index in [1.807, 2.05) is 10.6 Å². The minimum Gasteiger partial charge on any atom is -0.480 e. The largest absolute Gasteiger partial charge is 0.480 e. The number of urea groups is 2. The highest BCUT2D eigenvalue weighted by Crippen LogP contribution is 1.87. The molecule has 2 unspecified atom stereocenters. The topological polar surface area (TPSA) is 180 Å². The molecule has 0 aromatic heterocycles. The molecule has 1 fully saturated rings. The van der Waals surface area contributed by atoms with Crippen LogP contribution in [-0.4, -0.2) is 52.9 Å². The molecule has 0 radical (unpaired) electrons. The van der Waals surface area contributed by atoms with Crippen LogP contribution in [0.5, 0.6) is 0 Å². The first-order chi connectivity index (χ1) is 9.67. The molecule has 0 aliphatic carbocycles. The van der Waals surface area contributed by atoms with E-state index in [1.54, 1.807) is 0 Å². The second kappa shape index (κ2) is 8.63. The summed E-state index contributed by atoms with van der Waals surface area (Å²) in [6, 6.07) is -2.39. The number of carbonyl (C=O) groups excluding carboxylic acids is 4. The van der Waals surface area contributed by atoms with Crippen LogP contribution in [0, 0.1) is 0 Å². The second-order valence-corrected chi connectivity index (χ2v) is 4.04. The number of nitrogens with one attached hydrogen (secondary N) is 4. The number of carboxylic acid groups (broad SMARTS) is 1. The van der Waals surface area contributed by atoms with Crippen molar-refractivity contribution in [2.75, 3.05) is 5.75 Å². The van der Waals surface area contributed by atoms with Gasteiger partial charge in [0.1, 0.15) is 6.04 Å². The number of amides is 6. The molecule has 0 aromatic rings. The molecular weight excluding hydrogens is 306 g/mol. The predicted molar refractivity (Wildman–Crippen MR) is 72.3 cm³/mol. The van der Waals surface area contributed by atoms with Gasteiger partial charge in [0.05, 0.1) is 0 Å². The monoisotopic (exact) mass is 321 g/mol. The van der Waals surface area contributed by atoms with Crippen LogP contribution in [0.1, 0.15) is 6.92 Å². The van der Waals surface area contributed by atoms with Crippen LogP contribution in [0.4, 0.5) is 9.59 Å². The van der Waals surface area contributed by atoms with E-state index < -0.39 is 36.1 Å². The van der Waals surface area contributed by atoms with Crippen molar-refractivity contribution < 1.29 is 29.1 Å². The third kappa shape index (κ3) is 7.61. The molecule has 1 rings (SSSR count). The van der Waals surface area contributed by atoms with Gasteiger partial charge in [0.25, 0.3) is 5.91 Å². The minimum atomic E-state index is -1.06. The highest BCUT2D eigenvalue weighted by molar-refractivity contribution is 7.80. The van der Waals surface area contributed by atoms with Crippen LogP contribution in [0.2, 0.25) is 0 Å². The number of rotatable bonds is 4. The highest BCUT2D eigenvalue weighted by Gasteiger charge is 2.29. The van der Waals surface area contributed by atoms with Gasteiger partial charge in [0.2, 0.25) is 5.91 Å². The van der Waals surface area contributed by atoms with Crippen molar-refractivity contribution >= 4 is 42.5 Å². The number of hydrogen-bond donors (Lipinski definition) is 7. The van der Waals surface area contributed by atoms with Crippen molar-refractivity contribution in [3.05, 3.63) is 0 Å². The normalized spacial score (nSPS) is 17.5. The average Bonchev–Trinajstić information content (AvgIpc) is 2.64. The van der Waals surface area contributed by atoms with Crippen LogP contribution in [0.15, 0.2) is 0 Å². The lowest BCUT2D eigenvalue weighted by molar-refractivity contribution is -0.140. The van der Waals surface area contributed by atoms with Crippen molar-refractivity contribution in [1.29, 1.82) is 0 Å². The second-order valence-electron chi connectivity index (χ2n) is 3.68. The number of aliphatic carboxylic acids is 1. The average molecular weight is 321 g/mol. The van der Waals surface area contributed by atoms with Crippen molar-refractivity contribution in [3.63, 3.8) is 0 Å². The fourth-order valence-electron chi connectivity index (χ4n) is 1.09. The number of primary amides is 1. The maximum Gasteiger partial charge on any atom is 0.327 e. The van der Waals surface area contributed by atoms with E-state index in [9.17, 15) is 24.0 Å². The standard InChI is InChI=1S/C5H9NO3S.C4H6N4O3/c1-3(7)6-4(2-10)5(8)9;5-3(10)6-1-2(9)8-4(11)7-1/h4,10H,2H2,1H3,(H,6,7)(H,8,9);1H,(H3,5,6,10)(H2,7,8,9,11). The Hall–Kier alpha value is -2.50. The van der Waals surface area contributed by atoms with Crippen molar-refractivity contribution in [2.24, 2.45) is 5.73 Å². The van der Waals surface area contributed by atoms with Gasteiger partial charge in [-0.05, 0) is 0 Å². The Labute approximate surface area is 124 Å². The summed E-state index contributed by atoms with van der Waals surface area (Å²) in [4.78, 5) is 51.8. The zero-order valence-corrected chi connectivity index (χ0v) is 11.8. The van der Waals surface area contributed by atoms with Gasteiger partial charge in [-0.1, -0.05) is 0 Å². The van der Waals surface area contributed by atoms with Crippen LogP contribution in [0.3, 0.4) is 0 Å². The van der Waals surface area contributed by atoms with Crippen molar-refractivity contribution in [3.8, 4) is 0 Å². The summed E-state index contributed by atoms with van der Waals surface area (Å²) in [5, 5.41) is 16.6. The van der Waals surface area contributed by atoms with Gasteiger partial charge in [-0.25, -0.2) is 14.4 Å². The number of thiol groups is 1. The molecule has 7 N–H and O–H groups in total. The molecule has 6 amide bonds. The van der Waals surface area contributed by atoms with Gasteiger partial charge in [0, 0.05) is 12.7 Å². The van der Waals surface area contributed by atoms with E-state index in [2.05, 4.69) is 23.3 Å². The summed E-state index contributed by atoms with van der Waals surface area (Å²) >= 11 is 3.73. The fourth-order valence-corrected chi connectivity index (χ4v) is 1.34. The van der Waals surface area contributed by atoms with Crippen LogP contribution >= 0.6 is 12.6 Å². The first-order valence-electron chi connectivity index (χ1n) is 5.45. The summed E-state index contributed by atoms with van der Waals surface area (Å²) in [5.41, 5.74) is 4.70. The molecule has 21 heavy (non-hydrogen) atoms. The summed E-state index contributed by atoms with van der Waals surface area (Å²) < 4.78 is 0. The van der Waals surface area contributed by atoms with Gasteiger partial charge < -0.3 is 26.8 Å². The summed E-state index contributed by atoms with van der Waals surface area (Å²) in [7, 11) is 0. The Bertz CT molecular complexity index is 456. The summed E-state index contributed by atoms with van der Waals surface area (Å²) in [6.07, 6.45) is -1.04. The lowest BCUT2D eigenvalue weighted by Gasteiger charge is -2.08. The Balaban J connectivity index is 0.000000384. The van der Waals surface area contributed by atoms with E-state index in [4.69, 9.17) is 10.8 Å². The van der Waals surface area contributed by atoms with Crippen LogP contribution < -0.4 is 27.0 Å². The molecule has 1 saturated heterocycles. The molecule has 0 spiro atoms. The summed E-state index contributed by atoms with van der Waals surface area (Å²) in [5.74, 6) is -1.94. The molecule has 11 nitrogen and oxygen atoms in total. The quantitative estimate of drug-likeness (QED) is 0.219. The smallest absolute Gasteiger partial charge is 0.327 e. The SMILES string of the molecule is CC(=O)NC(CS)C(=O)O.NC(=O)NC1NC(=O)NC1=O. The van der Waals surface area contributed by atoms with Gasteiger partial charge in [-0.15, -0.1) is 0 Å². The molecule has 1 aliphatic rings. The van der Waals surface area contributed by atoms with Crippen LogP contribution in [-0.2, 0) is 14.4 Å². The molecule has 2 atom stereocenters. The zero-order chi connectivity index (χ0) is 16.6. The van der Waals surface area contributed by atoms with Crippen molar-refractivity contribution in [1.82, 2.24) is 21.3 Å². The molecule has 1 heterocycles. The summed E-state index contributed by atoms with van der Waals surface area (Å²) in [6.45, 7) is 1.26. The van der Waals surface area contributed by atoms with Gasteiger partial charge >= 0.3 is 18.0 Å². The van der Waals surface area contributed by atoms with Crippen molar-refractivity contribution in [2.45, 2.75) is 19.1 Å². The Morgan fingerprint density at radius 3 is 2.24 bits per heavy atom. The maximum atomic E-state index is 10.7.